The highest BCUT2D eigenvalue weighted by atomic mass is 16.6. The molecule has 1 atom stereocenters. The van der Waals surface area contributed by atoms with Crippen molar-refractivity contribution in [2.75, 3.05) is 36.5 Å². The van der Waals surface area contributed by atoms with Gasteiger partial charge in [0, 0.05) is 24.3 Å². The monoisotopic (exact) mass is 471 g/mol. The Morgan fingerprint density at radius 1 is 1.38 bits per heavy atom. The number of amides is 2. The van der Waals surface area contributed by atoms with Crippen LogP contribution in [0, 0.1) is 0 Å². The first-order valence-corrected chi connectivity index (χ1v) is 11.5. The molecule has 1 unspecified atom stereocenters. The lowest BCUT2D eigenvalue weighted by molar-refractivity contribution is -0.122. The van der Waals surface area contributed by atoms with Crippen LogP contribution in [0.25, 0.3) is 6.08 Å². The first kappa shape index (κ1) is 23.7. The molecule has 1 aromatic rings. The highest BCUT2D eigenvalue weighted by Crippen LogP contribution is 2.41. The molecule has 10 nitrogen and oxygen atoms in total. The third-order valence-electron chi connectivity index (χ3n) is 5.77. The van der Waals surface area contributed by atoms with Gasteiger partial charge in [0.1, 0.15) is 24.0 Å². The Morgan fingerprint density at radius 2 is 2.12 bits per heavy atom. The van der Waals surface area contributed by atoms with Gasteiger partial charge in [-0.2, -0.15) is 5.10 Å². The van der Waals surface area contributed by atoms with Crippen LogP contribution in [0.15, 0.2) is 23.5 Å². The molecule has 0 saturated carbocycles. The van der Waals surface area contributed by atoms with Crippen LogP contribution in [-0.2, 0) is 14.3 Å². The van der Waals surface area contributed by atoms with Gasteiger partial charge >= 0.3 is 6.09 Å². The average molecular weight is 472 g/mol. The van der Waals surface area contributed by atoms with Crippen molar-refractivity contribution >= 4 is 35.3 Å². The summed E-state index contributed by atoms with van der Waals surface area (Å²) in [5, 5.41) is 7.75. The topological polar surface area (TPSA) is 105 Å². The predicted octanol–water partition coefficient (Wildman–Crippen LogP) is 3.15. The van der Waals surface area contributed by atoms with Crippen LogP contribution < -0.4 is 20.4 Å². The van der Waals surface area contributed by atoms with Crippen molar-refractivity contribution in [1.29, 1.82) is 0 Å². The van der Waals surface area contributed by atoms with Crippen molar-refractivity contribution in [2.24, 2.45) is 5.10 Å². The van der Waals surface area contributed by atoms with E-state index >= 15 is 0 Å². The van der Waals surface area contributed by atoms with Crippen molar-refractivity contribution in [3.63, 3.8) is 0 Å². The van der Waals surface area contributed by atoms with E-state index in [0.29, 0.717) is 31.3 Å². The number of hydrazone groups is 1. The number of carbonyl (C=O) groups excluding carboxylic acids is 2. The zero-order valence-corrected chi connectivity index (χ0v) is 20.6. The quantitative estimate of drug-likeness (QED) is 0.636. The normalized spacial score (nSPS) is 20.9. The molecule has 3 aliphatic rings. The summed E-state index contributed by atoms with van der Waals surface area (Å²) in [4.78, 5) is 28.3. The molecular weight excluding hydrogens is 438 g/mol. The highest BCUT2D eigenvalue weighted by molar-refractivity contribution is 6.09. The molecule has 34 heavy (non-hydrogen) atoms. The van der Waals surface area contributed by atoms with Crippen molar-refractivity contribution < 1.29 is 23.8 Å². The second-order valence-corrected chi connectivity index (χ2v) is 10.0. The van der Waals surface area contributed by atoms with E-state index in [-0.39, 0.29) is 24.1 Å². The zero-order chi connectivity index (χ0) is 24.7. The molecule has 0 spiro atoms. The molecule has 0 bridgehead atoms. The molecule has 3 aliphatic heterocycles. The Kier molecular flexibility index (Phi) is 6.09. The van der Waals surface area contributed by atoms with Gasteiger partial charge in [-0.3, -0.25) is 4.79 Å². The van der Waals surface area contributed by atoms with E-state index in [0.717, 1.165) is 16.9 Å². The molecule has 184 valence electrons. The summed E-state index contributed by atoms with van der Waals surface area (Å²) in [5.74, 6) is 1.14. The summed E-state index contributed by atoms with van der Waals surface area (Å²) in [7, 11) is 0. The Labute approximate surface area is 199 Å². The molecule has 10 heteroatoms. The van der Waals surface area contributed by atoms with Gasteiger partial charge in [-0.1, -0.05) is 0 Å². The molecule has 1 fully saturated rings. The lowest BCUT2D eigenvalue weighted by Gasteiger charge is -2.49. The number of hydrogen-bond donors (Lipinski definition) is 2. The van der Waals surface area contributed by atoms with Gasteiger partial charge in [0.25, 0.3) is 5.91 Å². The first-order valence-electron chi connectivity index (χ1n) is 11.5. The van der Waals surface area contributed by atoms with Crippen LogP contribution >= 0.6 is 0 Å². The van der Waals surface area contributed by atoms with E-state index in [2.05, 4.69) is 22.8 Å². The van der Waals surface area contributed by atoms with Crippen molar-refractivity contribution in [1.82, 2.24) is 10.3 Å². The number of likely N-dealkylation sites (tertiary alicyclic amines) is 1. The van der Waals surface area contributed by atoms with E-state index in [1.165, 1.54) is 0 Å². The van der Waals surface area contributed by atoms with Gasteiger partial charge in [0.05, 0.1) is 24.1 Å². The fourth-order valence-electron chi connectivity index (χ4n) is 4.21. The molecule has 0 aromatic heterocycles. The molecular formula is C24H33N5O5. The first-order chi connectivity index (χ1) is 16.0. The average Bonchev–Trinajstić information content (AvgIpc) is 2.73. The Bertz CT molecular complexity index is 1040. The molecule has 0 aliphatic carbocycles. The van der Waals surface area contributed by atoms with Crippen molar-refractivity contribution in [3.05, 3.63) is 24.0 Å². The maximum Gasteiger partial charge on any atom is 0.410 e. The summed E-state index contributed by atoms with van der Waals surface area (Å²) in [6, 6.07) is 3.47. The summed E-state index contributed by atoms with van der Waals surface area (Å²) in [5.41, 5.74) is 4.13. The highest BCUT2D eigenvalue weighted by Gasteiger charge is 2.44. The summed E-state index contributed by atoms with van der Waals surface area (Å²) >= 11 is 0. The van der Waals surface area contributed by atoms with Crippen LogP contribution in [0.3, 0.4) is 0 Å². The number of anilines is 2. The number of nitrogens with zero attached hydrogens (tertiary/aromatic N) is 3. The summed E-state index contributed by atoms with van der Waals surface area (Å²) in [6.07, 6.45) is 3.20. The number of amidine groups is 1. The largest absolute Gasteiger partial charge is 0.501 e. The molecule has 2 N–H and O–H groups in total. The lowest BCUT2D eigenvalue weighted by Crippen LogP contribution is -2.66. The third-order valence-corrected chi connectivity index (χ3v) is 5.77. The van der Waals surface area contributed by atoms with Gasteiger partial charge < -0.3 is 29.3 Å². The fraction of sp³-hybridized carbons (Fsp3) is 0.542. The SMILES string of the molecule is CCO/C=C/c1cc2c(cc1NC1(C)CN(C(=O)OC(C)(C)C)C1)N1C(=NNC(=O)C1C)CO2. The van der Waals surface area contributed by atoms with Crippen LogP contribution in [0.1, 0.15) is 47.1 Å². The number of nitrogens with one attached hydrogen (secondary N) is 2. The molecule has 2 amide bonds. The maximum atomic E-state index is 12.4. The number of benzene rings is 1. The number of carbonyl (C=O) groups is 2. The van der Waals surface area contributed by atoms with E-state index in [4.69, 9.17) is 14.2 Å². The van der Waals surface area contributed by atoms with Crippen LogP contribution in [-0.4, -0.2) is 66.2 Å². The maximum absolute atomic E-state index is 12.4. The lowest BCUT2D eigenvalue weighted by atomic mass is 9.91. The summed E-state index contributed by atoms with van der Waals surface area (Å²) < 4.78 is 16.9. The number of rotatable bonds is 5. The zero-order valence-electron chi connectivity index (χ0n) is 20.6. The van der Waals surface area contributed by atoms with E-state index < -0.39 is 11.6 Å². The fourth-order valence-corrected chi connectivity index (χ4v) is 4.21. The Balaban J connectivity index is 1.61. The van der Waals surface area contributed by atoms with Gasteiger partial charge in [-0.15, -0.1) is 0 Å². The van der Waals surface area contributed by atoms with Gasteiger partial charge in [-0.25, -0.2) is 10.2 Å². The number of fused-ring (bicyclic) bond motifs is 3. The van der Waals surface area contributed by atoms with Gasteiger partial charge in [0.15, 0.2) is 5.84 Å². The predicted molar refractivity (Wildman–Crippen MR) is 130 cm³/mol. The molecule has 0 radical (unpaired) electrons. The summed E-state index contributed by atoms with van der Waals surface area (Å²) in [6.45, 7) is 13.2. The third kappa shape index (κ3) is 4.76. The molecule has 4 rings (SSSR count). The Morgan fingerprint density at radius 3 is 2.79 bits per heavy atom. The van der Waals surface area contributed by atoms with Crippen LogP contribution in [0.4, 0.5) is 16.2 Å². The minimum atomic E-state index is -0.539. The molecule has 1 saturated heterocycles. The second kappa shape index (κ2) is 8.73. The minimum absolute atomic E-state index is 0.176. The van der Waals surface area contributed by atoms with Crippen molar-refractivity contribution in [3.8, 4) is 5.75 Å². The van der Waals surface area contributed by atoms with E-state index in [9.17, 15) is 9.59 Å². The number of ether oxygens (including phenoxy) is 3. The second-order valence-electron chi connectivity index (χ2n) is 10.0. The molecule has 1 aromatic carbocycles. The van der Waals surface area contributed by atoms with E-state index in [1.54, 1.807) is 11.2 Å². The molecule has 3 heterocycles. The van der Waals surface area contributed by atoms with Crippen LogP contribution in [0.5, 0.6) is 5.75 Å². The minimum Gasteiger partial charge on any atom is -0.501 e. The van der Waals surface area contributed by atoms with Gasteiger partial charge in [0.2, 0.25) is 0 Å². The van der Waals surface area contributed by atoms with Gasteiger partial charge in [-0.05, 0) is 59.8 Å². The smallest absolute Gasteiger partial charge is 0.410 e. The van der Waals surface area contributed by atoms with Crippen LogP contribution in [0.2, 0.25) is 0 Å². The standard InChI is InChI=1S/C24H33N5O5/c1-7-32-9-8-16-10-19-18(29-15(2)21(30)27-26-20(29)12-33-19)11-17(16)25-24(6)13-28(14-24)22(31)34-23(3,4)5/h8-11,15,25H,7,12-14H2,1-6H3,(H,27,30)/b9-8+. The Hall–Kier alpha value is -3.43. The van der Waals surface area contributed by atoms with Crippen molar-refractivity contribution in [2.45, 2.75) is 58.7 Å². The number of hydrogen-bond acceptors (Lipinski definition) is 8. The van der Waals surface area contributed by atoms with E-state index in [1.807, 2.05) is 57.7 Å².